The lowest BCUT2D eigenvalue weighted by molar-refractivity contribution is -0.0652. The highest BCUT2D eigenvalue weighted by atomic mass is 79.9. The number of rotatable bonds is 4. The minimum Gasteiger partial charge on any atom is -0.387 e. The third-order valence-corrected chi connectivity index (χ3v) is 7.59. The monoisotopic (exact) mass is 373 g/mol. The normalized spacial score (nSPS) is 19.8. The van der Waals surface area contributed by atoms with Gasteiger partial charge in [-0.3, -0.25) is 0 Å². The zero-order valence-corrected chi connectivity index (χ0v) is 13.7. The van der Waals surface area contributed by atoms with Gasteiger partial charge in [-0.05, 0) is 28.4 Å². The van der Waals surface area contributed by atoms with Crippen molar-refractivity contribution in [1.82, 2.24) is 4.31 Å². The summed E-state index contributed by atoms with van der Waals surface area (Å²) in [6.45, 7) is 2.29. The van der Waals surface area contributed by atoms with Gasteiger partial charge in [0.1, 0.15) is 4.21 Å². The molecule has 1 aromatic heterocycles. The summed E-state index contributed by atoms with van der Waals surface area (Å²) in [4.78, 5) is 0. The van der Waals surface area contributed by atoms with Crippen LogP contribution < -0.4 is 0 Å². The maximum absolute atomic E-state index is 12.2. The molecule has 2 heterocycles. The second kappa shape index (κ2) is 5.03. The van der Waals surface area contributed by atoms with Crippen LogP contribution in [0.15, 0.2) is 14.1 Å². The maximum atomic E-state index is 12.2. The highest BCUT2D eigenvalue weighted by Crippen LogP contribution is 2.38. The Morgan fingerprint density at radius 3 is 2.67 bits per heavy atom. The van der Waals surface area contributed by atoms with E-state index in [1.54, 1.807) is 0 Å². The van der Waals surface area contributed by atoms with Crippen molar-refractivity contribution in [3.05, 3.63) is 14.9 Å². The summed E-state index contributed by atoms with van der Waals surface area (Å²) in [6.07, 6.45) is 1.45. The topological polar surface area (TPSA) is 57.6 Å². The van der Waals surface area contributed by atoms with Crippen LogP contribution in [0, 0.1) is 0 Å². The van der Waals surface area contributed by atoms with Gasteiger partial charge in [0.25, 0.3) is 10.0 Å². The van der Waals surface area contributed by atoms with E-state index in [0.717, 1.165) is 17.8 Å². The molecule has 0 bridgehead atoms. The minimum absolute atomic E-state index is 0.163. The highest BCUT2D eigenvalue weighted by molar-refractivity contribution is 9.11. The van der Waals surface area contributed by atoms with Gasteiger partial charge < -0.3 is 5.11 Å². The van der Waals surface area contributed by atoms with Crippen molar-refractivity contribution >= 4 is 48.9 Å². The first-order valence-electron chi connectivity index (χ1n) is 5.46. The summed E-state index contributed by atoms with van der Waals surface area (Å²) in [6, 6.07) is 1.43. The summed E-state index contributed by atoms with van der Waals surface area (Å²) in [5.41, 5.74) is -0.861. The summed E-state index contributed by atoms with van der Waals surface area (Å²) in [5, 5.41) is 10.4. The number of sulfonamides is 1. The molecule has 0 aliphatic carbocycles. The molecule has 0 spiro atoms. The van der Waals surface area contributed by atoms with Crippen LogP contribution >= 0.6 is 38.9 Å². The van der Waals surface area contributed by atoms with Gasteiger partial charge in [0.15, 0.2) is 0 Å². The first-order valence-corrected chi connectivity index (χ1v) is 8.88. The van der Waals surface area contributed by atoms with Crippen molar-refractivity contribution in [1.29, 1.82) is 0 Å². The number of thiophene rings is 1. The summed E-state index contributed by atoms with van der Waals surface area (Å²) in [5.74, 6) is 0. The maximum Gasteiger partial charge on any atom is 0.252 e. The molecule has 1 fully saturated rings. The van der Waals surface area contributed by atoms with E-state index in [0.29, 0.717) is 15.2 Å². The van der Waals surface area contributed by atoms with Gasteiger partial charge in [-0.25, -0.2) is 8.42 Å². The molecule has 0 aromatic carbocycles. The minimum atomic E-state index is -3.52. The molecule has 1 aliphatic rings. The Bertz CT molecular complexity index is 532. The van der Waals surface area contributed by atoms with Crippen LogP contribution in [0.25, 0.3) is 0 Å². The molecule has 4 nitrogen and oxygen atoms in total. The zero-order chi connectivity index (χ0) is 13.6. The lowest BCUT2D eigenvalue weighted by atomic mass is 9.92. The number of β-amino-alcohol motifs (C(OH)–C–C–N with tert-alkyl or cyclic N) is 1. The van der Waals surface area contributed by atoms with Crippen LogP contribution in [0.1, 0.15) is 19.8 Å². The molecule has 1 N–H and O–H groups in total. The second-order valence-corrected chi connectivity index (χ2v) is 9.38. The van der Waals surface area contributed by atoms with Crippen molar-refractivity contribution in [2.75, 3.05) is 13.1 Å². The number of nitrogens with zero attached hydrogens (tertiary/aromatic N) is 1. The summed E-state index contributed by atoms with van der Waals surface area (Å²) < 4.78 is 26.5. The smallest absolute Gasteiger partial charge is 0.252 e. The van der Waals surface area contributed by atoms with E-state index < -0.39 is 15.6 Å². The van der Waals surface area contributed by atoms with Crippen LogP contribution in [-0.4, -0.2) is 36.5 Å². The SMILES string of the molecule is CCCC1(O)CN(S(=O)(=O)c2cc(Cl)c(Br)s2)C1. The average Bonchev–Trinajstić information content (AvgIpc) is 2.56. The van der Waals surface area contributed by atoms with E-state index in [-0.39, 0.29) is 17.3 Å². The standard InChI is InChI=1S/C10H13BrClNO3S2/c1-2-3-10(14)5-13(6-10)18(15,16)8-4-7(12)9(11)17-8/h4,14H,2-3,5-6H2,1H3. The second-order valence-electron chi connectivity index (χ2n) is 4.43. The van der Waals surface area contributed by atoms with Gasteiger partial charge >= 0.3 is 0 Å². The van der Waals surface area contributed by atoms with E-state index in [1.165, 1.54) is 10.4 Å². The Balaban J connectivity index is 2.15. The molecule has 8 heteroatoms. The van der Waals surface area contributed by atoms with Crippen LogP contribution in [0.2, 0.25) is 5.02 Å². The molecule has 0 radical (unpaired) electrons. The molecular weight excluding hydrogens is 362 g/mol. The molecule has 0 amide bonds. The Morgan fingerprint density at radius 2 is 2.22 bits per heavy atom. The number of halogens is 2. The van der Waals surface area contributed by atoms with Crippen LogP contribution in [0.4, 0.5) is 0 Å². The first kappa shape index (κ1) is 14.7. The van der Waals surface area contributed by atoms with E-state index in [9.17, 15) is 13.5 Å². The van der Waals surface area contributed by atoms with E-state index in [2.05, 4.69) is 15.9 Å². The predicted molar refractivity (Wildman–Crippen MR) is 75.6 cm³/mol. The molecule has 1 aromatic rings. The van der Waals surface area contributed by atoms with Gasteiger partial charge in [0.2, 0.25) is 0 Å². The highest BCUT2D eigenvalue weighted by Gasteiger charge is 2.47. The molecule has 0 atom stereocenters. The van der Waals surface area contributed by atoms with E-state index in [4.69, 9.17) is 11.6 Å². The fourth-order valence-electron chi connectivity index (χ4n) is 1.98. The third kappa shape index (κ3) is 2.62. The van der Waals surface area contributed by atoms with Gasteiger partial charge in [-0.2, -0.15) is 4.31 Å². The largest absolute Gasteiger partial charge is 0.387 e. The van der Waals surface area contributed by atoms with Crippen LogP contribution in [-0.2, 0) is 10.0 Å². The lowest BCUT2D eigenvalue weighted by Gasteiger charge is -2.45. The van der Waals surface area contributed by atoms with Gasteiger partial charge in [-0.1, -0.05) is 24.9 Å². The molecular formula is C10H13BrClNO3S2. The van der Waals surface area contributed by atoms with Gasteiger partial charge in [0, 0.05) is 13.1 Å². The quantitative estimate of drug-likeness (QED) is 0.881. The van der Waals surface area contributed by atoms with Crippen molar-refractivity contribution in [3.63, 3.8) is 0 Å². The number of hydrogen-bond acceptors (Lipinski definition) is 4. The predicted octanol–water partition coefficient (Wildman–Crippen LogP) is 2.70. The fourth-order valence-corrected chi connectivity index (χ4v) is 6.14. The molecule has 102 valence electrons. The summed E-state index contributed by atoms with van der Waals surface area (Å²) in [7, 11) is -3.52. The number of aliphatic hydroxyl groups is 1. The molecule has 0 saturated carbocycles. The lowest BCUT2D eigenvalue weighted by Crippen LogP contribution is -2.63. The van der Waals surface area contributed by atoms with E-state index in [1.807, 2.05) is 6.92 Å². The molecule has 0 unspecified atom stereocenters. The number of hydrogen-bond donors (Lipinski definition) is 1. The molecule has 18 heavy (non-hydrogen) atoms. The van der Waals surface area contributed by atoms with Crippen LogP contribution in [0.5, 0.6) is 0 Å². The summed E-state index contributed by atoms with van der Waals surface area (Å²) >= 11 is 10.1. The third-order valence-electron chi connectivity index (χ3n) is 2.87. The first-order chi connectivity index (χ1) is 8.28. The van der Waals surface area contributed by atoms with Crippen LogP contribution in [0.3, 0.4) is 0 Å². The van der Waals surface area contributed by atoms with Crippen molar-refractivity contribution in [3.8, 4) is 0 Å². The molecule has 2 rings (SSSR count). The Labute approximate surface area is 124 Å². The molecule has 1 saturated heterocycles. The Kier molecular flexibility index (Phi) is 4.12. The fraction of sp³-hybridized carbons (Fsp3) is 0.600. The average molecular weight is 375 g/mol. The zero-order valence-electron chi connectivity index (χ0n) is 9.69. The Morgan fingerprint density at radius 1 is 1.61 bits per heavy atom. The Hall–Kier alpha value is 0.340. The van der Waals surface area contributed by atoms with Crippen molar-refractivity contribution in [2.45, 2.75) is 29.6 Å². The van der Waals surface area contributed by atoms with Crippen molar-refractivity contribution in [2.24, 2.45) is 0 Å². The van der Waals surface area contributed by atoms with Gasteiger partial charge in [0.05, 0.1) is 14.4 Å². The van der Waals surface area contributed by atoms with Gasteiger partial charge in [-0.15, -0.1) is 11.3 Å². The van der Waals surface area contributed by atoms with E-state index >= 15 is 0 Å². The van der Waals surface area contributed by atoms with Crippen molar-refractivity contribution < 1.29 is 13.5 Å². The molecule has 1 aliphatic heterocycles.